The van der Waals surface area contributed by atoms with Gasteiger partial charge in [-0.3, -0.25) is 4.57 Å². The van der Waals surface area contributed by atoms with Gasteiger partial charge in [0.05, 0.1) is 16.9 Å². The maximum absolute atomic E-state index is 14.0. The lowest BCUT2D eigenvalue weighted by atomic mass is 10.2. The van der Waals surface area contributed by atoms with Crippen LogP contribution in [0.4, 0.5) is 13.2 Å². The average molecular weight is 376 g/mol. The minimum atomic E-state index is -1.01. The molecule has 0 atom stereocenters. The molecule has 0 bridgehead atoms. The fraction of sp³-hybridized carbons (Fsp3) is 0.0714. The third-order valence-electron chi connectivity index (χ3n) is 3.01. The number of fused-ring (bicyclic) bond motifs is 1. The van der Waals surface area contributed by atoms with E-state index >= 15 is 0 Å². The molecule has 0 aliphatic heterocycles. The van der Waals surface area contributed by atoms with Crippen molar-refractivity contribution in [3.8, 4) is 5.69 Å². The van der Waals surface area contributed by atoms with Crippen molar-refractivity contribution in [3.05, 3.63) is 58.1 Å². The van der Waals surface area contributed by atoms with Crippen molar-refractivity contribution in [2.24, 2.45) is 0 Å². The molecule has 21 heavy (non-hydrogen) atoms. The number of imidazole rings is 1. The maximum Gasteiger partial charge on any atom is 0.153 e. The molecule has 2 nitrogen and oxygen atoms in total. The SMILES string of the molecule is Fc1cc(F)c(-n2c(CCl)nc3cc(Br)ccc32)c(F)c1. The summed E-state index contributed by atoms with van der Waals surface area (Å²) >= 11 is 9.12. The Morgan fingerprint density at radius 2 is 1.76 bits per heavy atom. The Labute approximate surface area is 131 Å². The molecule has 108 valence electrons. The Morgan fingerprint density at radius 1 is 1.10 bits per heavy atom. The molecule has 0 radical (unpaired) electrons. The Kier molecular flexibility index (Phi) is 3.67. The first-order valence-electron chi connectivity index (χ1n) is 5.89. The van der Waals surface area contributed by atoms with Gasteiger partial charge in [-0.05, 0) is 18.2 Å². The van der Waals surface area contributed by atoms with Crippen molar-refractivity contribution in [2.75, 3.05) is 0 Å². The maximum atomic E-state index is 14.0. The van der Waals surface area contributed by atoms with Crippen molar-refractivity contribution >= 4 is 38.6 Å². The minimum Gasteiger partial charge on any atom is -0.290 e. The van der Waals surface area contributed by atoms with Crippen molar-refractivity contribution in [2.45, 2.75) is 5.88 Å². The van der Waals surface area contributed by atoms with Crippen LogP contribution >= 0.6 is 27.5 Å². The topological polar surface area (TPSA) is 17.8 Å². The Bertz CT molecular complexity index is 825. The van der Waals surface area contributed by atoms with Gasteiger partial charge in [0.15, 0.2) is 11.6 Å². The highest BCUT2D eigenvalue weighted by Crippen LogP contribution is 2.28. The molecule has 0 saturated carbocycles. The van der Waals surface area contributed by atoms with Gasteiger partial charge in [0.1, 0.15) is 17.3 Å². The summed E-state index contributed by atoms with van der Waals surface area (Å²) in [5.74, 6) is -2.77. The van der Waals surface area contributed by atoms with E-state index in [0.29, 0.717) is 23.2 Å². The Balaban J connectivity index is 2.39. The van der Waals surface area contributed by atoms with Crippen LogP contribution in [-0.2, 0) is 5.88 Å². The van der Waals surface area contributed by atoms with Gasteiger partial charge < -0.3 is 0 Å². The van der Waals surface area contributed by atoms with Gasteiger partial charge in [-0.25, -0.2) is 18.2 Å². The Morgan fingerprint density at radius 3 is 2.38 bits per heavy atom. The number of nitrogens with zero attached hydrogens (tertiary/aromatic N) is 2. The second kappa shape index (κ2) is 5.35. The van der Waals surface area contributed by atoms with Gasteiger partial charge in [0, 0.05) is 16.6 Å². The molecule has 1 aromatic heterocycles. The molecule has 3 aromatic rings. The van der Waals surface area contributed by atoms with Crippen molar-refractivity contribution in [1.29, 1.82) is 0 Å². The molecule has 1 heterocycles. The van der Waals surface area contributed by atoms with Crippen LogP contribution in [-0.4, -0.2) is 9.55 Å². The highest BCUT2D eigenvalue weighted by atomic mass is 79.9. The molecule has 0 N–H and O–H groups in total. The van der Waals surface area contributed by atoms with Gasteiger partial charge in [0.2, 0.25) is 0 Å². The molecular weight excluding hydrogens is 369 g/mol. The monoisotopic (exact) mass is 374 g/mol. The lowest BCUT2D eigenvalue weighted by molar-refractivity contribution is 0.534. The summed E-state index contributed by atoms with van der Waals surface area (Å²) < 4.78 is 43.1. The van der Waals surface area contributed by atoms with E-state index in [1.165, 1.54) is 4.57 Å². The quantitative estimate of drug-likeness (QED) is 0.580. The highest BCUT2D eigenvalue weighted by Gasteiger charge is 2.19. The van der Waals surface area contributed by atoms with Gasteiger partial charge in [-0.15, -0.1) is 11.6 Å². The highest BCUT2D eigenvalue weighted by molar-refractivity contribution is 9.10. The molecule has 3 rings (SSSR count). The lowest BCUT2D eigenvalue weighted by Gasteiger charge is -2.10. The first-order chi connectivity index (χ1) is 10.0. The summed E-state index contributed by atoms with van der Waals surface area (Å²) in [6.07, 6.45) is 0. The minimum absolute atomic E-state index is 0.0391. The third-order valence-corrected chi connectivity index (χ3v) is 3.74. The molecular formula is C14H7BrClF3N2. The number of alkyl halides is 1. The third kappa shape index (κ3) is 2.42. The summed E-state index contributed by atoms with van der Waals surface area (Å²) in [5.41, 5.74) is 0.623. The summed E-state index contributed by atoms with van der Waals surface area (Å²) in [6.45, 7) is 0. The predicted molar refractivity (Wildman–Crippen MR) is 78.2 cm³/mol. The smallest absolute Gasteiger partial charge is 0.153 e. The zero-order valence-corrected chi connectivity index (χ0v) is 12.7. The molecule has 7 heteroatoms. The van der Waals surface area contributed by atoms with Crippen molar-refractivity contribution in [3.63, 3.8) is 0 Å². The fourth-order valence-electron chi connectivity index (χ4n) is 2.19. The van der Waals surface area contributed by atoms with Crippen LogP contribution in [0.2, 0.25) is 0 Å². The van der Waals surface area contributed by atoms with E-state index in [4.69, 9.17) is 11.6 Å². The van der Waals surface area contributed by atoms with Gasteiger partial charge in [-0.1, -0.05) is 15.9 Å². The summed E-state index contributed by atoms with van der Waals surface area (Å²) in [5, 5.41) is 0. The fourth-order valence-corrected chi connectivity index (χ4v) is 2.72. The van der Waals surface area contributed by atoms with Crippen LogP contribution in [0.3, 0.4) is 0 Å². The van der Waals surface area contributed by atoms with Gasteiger partial charge in [-0.2, -0.15) is 0 Å². The van der Waals surface area contributed by atoms with Crippen LogP contribution in [0.25, 0.3) is 16.7 Å². The number of hydrogen-bond donors (Lipinski definition) is 0. The van der Waals surface area contributed by atoms with Crippen LogP contribution in [0.15, 0.2) is 34.8 Å². The van der Waals surface area contributed by atoms with E-state index < -0.39 is 23.1 Å². The largest absolute Gasteiger partial charge is 0.290 e. The van der Waals surface area contributed by atoms with E-state index in [9.17, 15) is 13.2 Å². The van der Waals surface area contributed by atoms with E-state index in [1.54, 1.807) is 18.2 Å². The van der Waals surface area contributed by atoms with Crippen LogP contribution in [0, 0.1) is 17.5 Å². The summed E-state index contributed by atoms with van der Waals surface area (Å²) in [4.78, 5) is 4.25. The summed E-state index contributed by atoms with van der Waals surface area (Å²) in [6, 6.07) is 6.34. The first-order valence-corrected chi connectivity index (χ1v) is 7.22. The normalized spacial score (nSPS) is 11.3. The zero-order valence-electron chi connectivity index (χ0n) is 10.4. The second-order valence-electron chi connectivity index (χ2n) is 4.35. The second-order valence-corrected chi connectivity index (χ2v) is 5.53. The van der Waals surface area contributed by atoms with E-state index in [1.807, 2.05) is 0 Å². The molecule has 0 aliphatic rings. The molecule has 0 unspecified atom stereocenters. The molecule has 0 spiro atoms. The van der Waals surface area contributed by atoms with Crippen LogP contribution < -0.4 is 0 Å². The molecule has 0 aliphatic carbocycles. The number of aromatic nitrogens is 2. The van der Waals surface area contributed by atoms with Crippen molar-refractivity contribution in [1.82, 2.24) is 9.55 Å². The van der Waals surface area contributed by atoms with E-state index in [0.717, 1.165) is 4.47 Å². The number of rotatable bonds is 2. The lowest BCUT2D eigenvalue weighted by Crippen LogP contribution is -2.06. The molecule has 0 amide bonds. The average Bonchev–Trinajstić information content (AvgIpc) is 2.75. The van der Waals surface area contributed by atoms with E-state index in [2.05, 4.69) is 20.9 Å². The van der Waals surface area contributed by atoms with E-state index in [-0.39, 0.29) is 11.7 Å². The molecule has 2 aromatic carbocycles. The number of benzene rings is 2. The van der Waals surface area contributed by atoms with Crippen molar-refractivity contribution < 1.29 is 13.2 Å². The Hall–Kier alpha value is -1.53. The van der Waals surface area contributed by atoms with Gasteiger partial charge in [0.25, 0.3) is 0 Å². The zero-order chi connectivity index (χ0) is 15.1. The number of halogens is 5. The number of hydrogen-bond acceptors (Lipinski definition) is 1. The molecule has 0 saturated heterocycles. The first kappa shape index (κ1) is 14.4. The summed E-state index contributed by atoms with van der Waals surface area (Å²) in [7, 11) is 0. The molecule has 0 fully saturated rings. The predicted octanol–water partition coefficient (Wildman–Crippen LogP) is 4.94. The van der Waals surface area contributed by atoms with Crippen LogP contribution in [0.5, 0.6) is 0 Å². The van der Waals surface area contributed by atoms with Crippen LogP contribution in [0.1, 0.15) is 5.82 Å². The van der Waals surface area contributed by atoms with Gasteiger partial charge >= 0.3 is 0 Å². The standard InChI is InChI=1S/C14H7BrClF3N2/c15-7-1-2-12-11(3-7)20-13(6-16)21(12)14-9(18)4-8(17)5-10(14)19/h1-5H,6H2.